The standard InChI is InChI=1S/C27H52O4/c1-5-7-8-9-10-11-12-13-14-15-16-17-18-19-23-30-26(28)21-20-22-27(29)31-25(6-2)24(3)4/h24-25H,5-23H2,1-4H3. The fraction of sp³-hybridized carbons (Fsp3) is 0.926. The summed E-state index contributed by atoms with van der Waals surface area (Å²) in [6.45, 7) is 8.90. The van der Waals surface area contributed by atoms with E-state index in [-0.39, 0.29) is 24.5 Å². The molecule has 0 aliphatic carbocycles. The van der Waals surface area contributed by atoms with Gasteiger partial charge in [0.25, 0.3) is 0 Å². The molecule has 0 heterocycles. The first-order valence-corrected chi connectivity index (χ1v) is 13.4. The van der Waals surface area contributed by atoms with Gasteiger partial charge in [0.1, 0.15) is 6.10 Å². The second kappa shape index (κ2) is 22.1. The van der Waals surface area contributed by atoms with Crippen molar-refractivity contribution in [2.45, 2.75) is 149 Å². The van der Waals surface area contributed by atoms with Gasteiger partial charge in [0.2, 0.25) is 0 Å². The monoisotopic (exact) mass is 440 g/mol. The molecule has 0 rings (SSSR count). The molecule has 0 aromatic carbocycles. The molecule has 0 radical (unpaired) electrons. The van der Waals surface area contributed by atoms with E-state index in [4.69, 9.17) is 9.47 Å². The molecule has 0 bridgehead atoms. The predicted molar refractivity (Wildman–Crippen MR) is 130 cm³/mol. The Morgan fingerprint density at radius 2 is 1.06 bits per heavy atom. The van der Waals surface area contributed by atoms with Gasteiger partial charge in [-0.15, -0.1) is 0 Å². The number of unbranched alkanes of at least 4 members (excludes halogenated alkanes) is 13. The normalized spacial score (nSPS) is 12.2. The summed E-state index contributed by atoms with van der Waals surface area (Å²) in [4.78, 5) is 23.6. The van der Waals surface area contributed by atoms with Crippen LogP contribution in [-0.2, 0) is 19.1 Å². The molecule has 1 atom stereocenters. The molecule has 0 aromatic heterocycles. The number of ether oxygens (including phenoxy) is 2. The van der Waals surface area contributed by atoms with Gasteiger partial charge in [-0.05, 0) is 25.2 Å². The Hall–Kier alpha value is -1.06. The summed E-state index contributed by atoms with van der Waals surface area (Å²) in [5, 5.41) is 0. The minimum atomic E-state index is -0.208. The molecule has 0 aliphatic heterocycles. The Balaban J connectivity index is 3.37. The summed E-state index contributed by atoms with van der Waals surface area (Å²) in [5.41, 5.74) is 0. The average Bonchev–Trinajstić information content (AvgIpc) is 2.74. The van der Waals surface area contributed by atoms with Crippen LogP contribution in [0.5, 0.6) is 0 Å². The lowest BCUT2D eigenvalue weighted by molar-refractivity contribution is -0.151. The fourth-order valence-corrected chi connectivity index (χ4v) is 3.85. The Bertz CT molecular complexity index is 419. The van der Waals surface area contributed by atoms with E-state index in [1.165, 1.54) is 77.0 Å². The first-order valence-electron chi connectivity index (χ1n) is 13.4. The van der Waals surface area contributed by atoms with Crippen molar-refractivity contribution in [1.82, 2.24) is 0 Å². The molecule has 0 aliphatic rings. The molecule has 31 heavy (non-hydrogen) atoms. The Morgan fingerprint density at radius 3 is 1.52 bits per heavy atom. The molecule has 0 amide bonds. The summed E-state index contributed by atoms with van der Waals surface area (Å²) in [6, 6.07) is 0. The van der Waals surface area contributed by atoms with Crippen LogP contribution in [-0.4, -0.2) is 24.6 Å². The topological polar surface area (TPSA) is 52.6 Å². The van der Waals surface area contributed by atoms with Crippen LogP contribution >= 0.6 is 0 Å². The lowest BCUT2D eigenvalue weighted by Crippen LogP contribution is -2.22. The van der Waals surface area contributed by atoms with Crippen molar-refractivity contribution < 1.29 is 19.1 Å². The van der Waals surface area contributed by atoms with Crippen LogP contribution in [0.15, 0.2) is 0 Å². The summed E-state index contributed by atoms with van der Waals surface area (Å²) < 4.78 is 10.7. The van der Waals surface area contributed by atoms with Crippen LogP contribution < -0.4 is 0 Å². The third kappa shape index (κ3) is 20.6. The van der Waals surface area contributed by atoms with Gasteiger partial charge in [0, 0.05) is 12.8 Å². The molecule has 0 spiro atoms. The maximum Gasteiger partial charge on any atom is 0.306 e. The van der Waals surface area contributed by atoms with Crippen LogP contribution in [0.4, 0.5) is 0 Å². The van der Waals surface area contributed by atoms with Gasteiger partial charge in [0.05, 0.1) is 6.61 Å². The van der Waals surface area contributed by atoms with Crippen LogP contribution in [0.25, 0.3) is 0 Å². The second-order valence-electron chi connectivity index (χ2n) is 9.35. The van der Waals surface area contributed by atoms with Crippen molar-refractivity contribution in [3.63, 3.8) is 0 Å². The molecule has 0 saturated carbocycles. The molecule has 1 unspecified atom stereocenters. The third-order valence-corrected chi connectivity index (χ3v) is 5.95. The van der Waals surface area contributed by atoms with Gasteiger partial charge in [-0.2, -0.15) is 0 Å². The van der Waals surface area contributed by atoms with E-state index in [0.29, 0.717) is 25.4 Å². The SMILES string of the molecule is CCCCCCCCCCCCCCCCOC(=O)CCCC(=O)OC(CC)C(C)C. The maximum atomic E-state index is 11.8. The number of carbonyl (C=O) groups is 2. The molecule has 4 heteroatoms. The number of hydrogen-bond donors (Lipinski definition) is 0. The molecule has 184 valence electrons. The van der Waals surface area contributed by atoms with Crippen LogP contribution in [0.3, 0.4) is 0 Å². The predicted octanol–water partition coefficient (Wildman–Crippen LogP) is 8.16. The molecule has 4 nitrogen and oxygen atoms in total. The molecular formula is C27H52O4. The van der Waals surface area contributed by atoms with Crippen LogP contribution in [0.1, 0.15) is 143 Å². The van der Waals surface area contributed by atoms with E-state index in [1.807, 2.05) is 6.92 Å². The highest BCUT2D eigenvalue weighted by atomic mass is 16.5. The smallest absolute Gasteiger partial charge is 0.306 e. The van der Waals surface area contributed by atoms with Crippen LogP contribution in [0, 0.1) is 5.92 Å². The van der Waals surface area contributed by atoms with Gasteiger partial charge < -0.3 is 9.47 Å². The summed E-state index contributed by atoms with van der Waals surface area (Å²) in [5.74, 6) is -0.0808. The van der Waals surface area contributed by atoms with E-state index in [2.05, 4.69) is 20.8 Å². The van der Waals surface area contributed by atoms with Gasteiger partial charge in [0.15, 0.2) is 0 Å². The van der Waals surface area contributed by atoms with Crippen molar-refractivity contribution in [2.75, 3.05) is 6.61 Å². The second-order valence-corrected chi connectivity index (χ2v) is 9.35. The van der Waals surface area contributed by atoms with Crippen molar-refractivity contribution in [3.8, 4) is 0 Å². The van der Waals surface area contributed by atoms with Crippen LogP contribution in [0.2, 0.25) is 0 Å². The number of hydrogen-bond acceptors (Lipinski definition) is 4. The Labute approximate surface area is 193 Å². The minimum Gasteiger partial charge on any atom is -0.466 e. The van der Waals surface area contributed by atoms with Gasteiger partial charge >= 0.3 is 11.9 Å². The quantitative estimate of drug-likeness (QED) is 0.126. The van der Waals surface area contributed by atoms with E-state index in [0.717, 1.165) is 19.3 Å². The number of esters is 2. The molecule has 0 aromatic rings. The molecular weight excluding hydrogens is 388 g/mol. The highest BCUT2D eigenvalue weighted by Gasteiger charge is 2.16. The number of rotatable bonds is 22. The van der Waals surface area contributed by atoms with Crippen molar-refractivity contribution in [2.24, 2.45) is 5.92 Å². The average molecular weight is 441 g/mol. The maximum absolute atomic E-state index is 11.8. The lowest BCUT2D eigenvalue weighted by Gasteiger charge is -2.19. The first-order chi connectivity index (χ1) is 15.0. The third-order valence-electron chi connectivity index (χ3n) is 5.95. The van der Waals surface area contributed by atoms with Crippen molar-refractivity contribution in [3.05, 3.63) is 0 Å². The zero-order chi connectivity index (χ0) is 23.2. The Morgan fingerprint density at radius 1 is 0.613 bits per heavy atom. The molecule has 0 fully saturated rings. The minimum absolute atomic E-state index is 0.0280. The number of carbonyl (C=O) groups excluding carboxylic acids is 2. The lowest BCUT2D eigenvalue weighted by atomic mass is 10.0. The van der Waals surface area contributed by atoms with E-state index < -0.39 is 0 Å². The highest BCUT2D eigenvalue weighted by Crippen LogP contribution is 2.14. The van der Waals surface area contributed by atoms with Gasteiger partial charge in [-0.3, -0.25) is 9.59 Å². The molecule has 0 N–H and O–H groups in total. The zero-order valence-electron chi connectivity index (χ0n) is 21.2. The van der Waals surface area contributed by atoms with E-state index >= 15 is 0 Å². The van der Waals surface area contributed by atoms with E-state index in [9.17, 15) is 9.59 Å². The van der Waals surface area contributed by atoms with Gasteiger partial charge in [-0.25, -0.2) is 0 Å². The summed E-state index contributed by atoms with van der Waals surface area (Å²) >= 11 is 0. The molecule has 0 saturated heterocycles. The van der Waals surface area contributed by atoms with Crippen molar-refractivity contribution in [1.29, 1.82) is 0 Å². The summed E-state index contributed by atoms with van der Waals surface area (Å²) in [6.07, 6.45) is 20.4. The van der Waals surface area contributed by atoms with Gasteiger partial charge in [-0.1, -0.05) is 111 Å². The largest absolute Gasteiger partial charge is 0.466 e. The van der Waals surface area contributed by atoms with Crippen molar-refractivity contribution >= 4 is 11.9 Å². The van der Waals surface area contributed by atoms with E-state index in [1.54, 1.807) is 0 Å². The summed E-state index contributed by atoms with van der Waals surface area (Å²) in [7, 11) is 0. The Kier molecular flexibility index (Phi) is 21.4. The highest BCUT2D eigenvalue weighted by molar-refractivity contribution is 5.72. The fourth-order valence-electron chi connectivity index (χ4n) is 3.85. The zero-order valence-corrected chi connectivity index (χ0v) is 21.2. The first kappa shape index (κ1) is 29.9.